The fourth-order valence-electron chi connectivity index (χ4n) is 2.82. The molecule has 0 saturated heterocycles. The number of hydrogen-bond donors (Lipinski definition) is 1. The van der Waals surface area contributed by atoms with Crippen LogP contribution < -0.4 is 10.1 Å². The zero-order chi connectivity index (χ0) is 18.6. The number of nitrogens with one attached hydrogen (secondary N) is 1. The maximum atomic E-state index is 12.3. The Hall–Kier alpha value is -3.60. The molecule has 0 unspecified atom stereocenters. The summed E-state index contributed by atoms with van der Waals surface area (Å²) < 4.78 is 7.67. The lowest BCUT2D eigenvalue weighted by atomic mass is 10.2. The number of carbonyl (C=O) groups excluding carboxylic acids is 1. The van der Waals surface area contributed by atoms with Crippen molar-refractivity contribution >= 4 is 17.2 Å². The number of ether oxygens (including phenoxy) is 1. The molecule has 5 nitrogen and oxygen atoms in total. The van der Waals surface area contributed by atoms with Gasteiger partial charge in [0.05, 0.1) is 12.1 Å². The predicted octanol–water partition coefficient (Wildman–Crippen LogP) is 4.62. The second-order valence-corrected chi connectivity index (χ2v) is 6.37. The topological polar surface area (TPSA) is 55.6 Å². The number of anilines is 1. The molecular formula is C22H19N3O2. The number of para-hydroxylation sites is 1. The van der Waals surface area contributed by atoms with E-state index in [1.165, 1.54) is 0 Å². The molecule has 0 aliphatic carbocycles. The summed E-state index contributed by atoms with van der Waals surface area (Å²) in [5.41, 5.74) is 3.45. The Labute approximate surface area is 157 Å². The first-order chi connectivity index (χ1) is 13.2. The predicted molar refractivity (Wildman–Crippen MR) is 105 cm³/mol. The van der Waals surface area contributed by atoms with E-state index in [4.69, 9.17) is 4.74 Å². The third-order valence-corrected chi connectivity index (χ3v) is 4.12. The van der Waals surface area contributed by atoms with Gasteiger partial charge < -0.3 is 14.5 Å². The maximum Gasteiger partial charge on any atom is 0.230 e. The number of nitrogens with zero attached hydrogens (tertiary/aromatic N) is 2. The molecule has 2 aromatic carbocycles. The van der Waals surface area contributed by atoms with Crippen molar-refractivity contribution in [2.75, 3.05) is 5.32 Å². The summed E-state index contributed by atoms with van der Waals surface area (Å²) in [6, 6.07) is 20.9. The van der Waals surface area contributed by atoms with Gasteiger partial charge in [-0.15, -0.1) is 0 Å². The Bertz CT molecular complexity index is 1070. The van der Waals surface area contributed by atoms with Crippen LogP contribution in [0, 0.1) is 6.92 Å². The van der Waals surface area contributed by atoms with Gasteiger partial charge in [0.2, 0.25) is 5.91 Å². The van der Waals surface area contributed by atoms with Crippen molar-refractivity contribution in [3.05, 3.63) is 90.4 Å². The molecule has 5 heteroatoms. The second kappa shape index (κ2) is 7.33. The van der Waals surface area contributed by atoms with Gasteiger partial charge in [0, 0.05) is 18.1 Å². The van der Waals surface area contributed by atoms with Crippen molar-refractivity contribution in [3.63, 3.8) is 0 Å². The zero-order valence-electron chi connectivity index (χ0n) is 14.9. The molecule has 0 bridgehead atoms. The summed E-state index contributed by atoms with van der Waals surface area (Å²) in [6.45, 7) is 2.02. The van der Waals surface area contributed by atoms with Gasteiger partial charge in [-0.3, -0.25) is 4.79 Å². The van der Waals surface area contributed by atoms with Crippen LogP contribution >= 0.6 is 0 Å². The largest absolute Gasteiger partial charge is 0.457 e. The summed E-state index contributed by atoms with van der Waals surface area (Å²) in [5, 5.41) is 2.89. The van der Waals surface area contributed by atoms with Crippen LogP contribution in [0.5, 0.6) is 11.5 Å². The van der Waals surface area contributed by atoms with Crippen molar-refractivity contribution in [3.8, 4) is 11.5 Å². The number of imidazole rings is 1. The standard InChI is InChI=1S/C22H19N3O2/c1-16-11-12-25-15-18(23-21(25)13-16)14-22(26)24-17-7-9-20(10-8-17)27-19-5-3-2-4-6-19/h2-13,15H,14H2,1H3,(H,24,26). The van der Waals surface area contributed by atoms with Crippen molar-refractivity contribution < 1.29 is 9.53 Å². The lowest BCUT2D eigenvalue weighted by Crippen LogP contribution is -2.14. The average molecular weight is 357 g/mol. The van der Waals surface area contributed by atoms with Gasteiger partial charge in [0.1, 0.15) is 17.1 Å². The van der Waals surface area contributed by atoms with E-state index >= 15 is 0 Å². The van der Waals surface area contributed by atoms with Crippen LogP contribution in [0.15, 0.2) is 79.1 Å². The smallest absolute Gasteiger partial charge is 0.230 e. The molecule has 27 heavy (non-hydrogen) atoms. The number of benzene rings is 2. The SMILES string of the molecule is Cc1ccn2cc(CC(=O)Nc3ccc(Oc4ccccc4)cc3)nc2c1. The Morgan fingerprint density at radius 2 is 1.78 bits per heavy atom. The van der Waals surface area contributed by atoms with Crippen molar-refractivity contribution in [1.82, 2.24) is 9.38 Å². The molecule has 4 rings (SSSR count). The molecule has 0 saturated carbocycles. The van der Waals surface area contributed by atoms with Crippen molar-refractivity contribution in [2.45, 2.75) is 13.3 Å². The van der Waals surface area contributed by atoms with E-state index in [-0.39, 0.29) is 12.3 Å². The average Bonchev–Trinajstić information content (AvgIpc) is 3.05. The molecule has 0 radical (unpaired) electrons. The van der Waals surface area contributed by atoms with Crippen molar-refractivity contribution in [2.24, 2.45) is 0 Å². The van der Waals surface area contributed by atoms with Gasteiger partial charge in [-0.2, -0.15) is 0 Å². The summed E-state index contributed by atoms with van der Waals surface area (Å²) in [6.07, 6.45) is 4.05. The fraction of sp³-hybridized carbons (Fsp3) is 0.0909. The number of carbonyl (C=O) groups is 1. The molecule has 1 N–H and O–H groups in total. The minimum atomic E-state index is -0.105. The summed E-state index contributed by atoms with van der Waals surface area (Å²) in [4.78, 5) is 16.8. The van der Waals surface area contributed by atoms with Crippen LogP contribution in [0.3, 0.4) is 0 Å². The van der Waals surface area contributed by atoms with Gasteiger partial charge in [0.15, 0.2) is 0 Å². The first-order valence-electron chi connectivity index (χ1n) is 8.73. The van der Waals surface area contributed by atoms with E-state index in [0.29, 0.717) is 0 Å². The summed E-state index contributed by atoms with van der Waals surface area (Å²) >= 11 is 0. The number of rotatable bonds is 5. The van der Waals surface area contributed by atoms with E-state index in [1.54, 1.807) is 0 Å². The van der Waals surface area contributed by atoms with E-state index < -0.39 is 0 Å². The molecule has 0 aliphatic heterocycles. The van der Waals surface area contributed by atoms with Gasteiger partial charge in [-0.25, -0.2) is 4.98 Å². The Kier molecular flexibility index (Phi) is 4.58. The first kappa shape index (κ1) is 16.8. The highest BCUT2D eigenvalue weighted by Gasteiger charge is 2.08. The van der Waals surface area contributed by atoms with Crippen molar-refractivity contribution in [1.29, 1.82) is 0 Å². The number of pyridine rings is 1. The number of aromatic nitrogens is 2. The third kappa shape index (κ3) is 4.15. The lowest BCUT2D eigenvalue weighted by molar-refractivity contribution is -0.115. The first-order valence-corrected chi connectivity index (χ1v) is 8.73. The Balaban J connectivity index is 1.38. The van der Waals surface area contributed by atoms with Gasteiger partial charge in [-0.1, -0.05) is 18.2 Å². The molecule has 0 fully saturated rings. The molecule has 0 atom stereocenters. The van der Waals surface area contributed by atoms with Crippen LogP contribution in [-0.2, 0) is 11.2 Å². The number of fused-ring (bicyclic) bond motifs is 1. The van der Waals surface area contributed by atoms with E-state index in [2.05, 4.69) is 10.3 Å². The van der Waals surface area contributed by atoms with Crippen LogP contribution in [0.25, 0.3) is 5.65 Å². The van der Waals surface area contributed by atoms with Gasteiger partial charge >= 0.3 is 0 Å². The lowest BCUT2D eigenvalue weighted by Gasteiger charge is -2.07. The Morgan fingerprint density at radius 1 is 1.04 bits per heavy atom. The van der Waals surface area contributed by atoms with Crippen LogP contribution in [0.2, 0.25) is 0 Å². The quantitative estimate of drug-likeness (QED) is 0.567. The number of aryl methyl sites for hydroxylation is 1. The van der Waals surface area contributed by atoms with E-state index in [9.17, 15) is 4.79 Å². The van der Waals surface area contributed by atoms with E-state index in [0.717, 1.165) is 34.1 Å². The molecular weight excluding hydrogens is 338 g/mol. The third-order valence-electron chi connectivity index (χ3n) is 4.12. The normalized spacial score (nSPS) is 10.7. The molecule has 134 valence electrons. The van der Waals surface area contributed by atoms with Gasteiger partial charge in [-0.05, 0) is 61.0 Å². The summed E-state index contributed by atoms with van der Waals surface area (Å²) in [7, 11) is 0. The molecule has 2 aromatic heterocycles. The minimum absolute atomic E-state index is 0.105. The monoisotopic (exact) mass is 357 g/mol. The number of hydrogen-bond acceptors (Lipinski definition) is 3. The summed E-state index contributed by atoms with van der Waals surface area (Å²) in [5.74, 6) is 1.39. The molecule has 4 aromatic rings. The van der Waals surface area contributed by atoms with Crippen LogP contribution in [-0.4, -0.2) is 15.3 Å². The second-order valence-electron chi connectivity index (χ2n) is 6.37. The molecule has 2 heterocycles. The van der Waals surface area contributed by atoms with Crippen LogP contribution in [0.4, 0.5) is 5.69 Å². The molecule has 0 spiro atoms. The van der Waals surface area contributed by atoms with Crippen LogP contribution in [0.1, 0.15) is 11.3 Å². The highest BCUT2D eigenvalue weighted by molar-refractivity contribution is 5.92. The zero-order valence-corrected chi connectivity index (χ0v) is 14.9. The maximum absolute atomic E-state index is 12.3. The highest BCUT2D eigenvalue weighted by Crippen LogP contribution is 2.22. The Morgan fingerprint density at radius 3 is 2.56 bits per heavy atom. The molecule has 1 amide bonds. The fourth-order valence-corrected chi connectivity index (χ4v) is 2.82. The highest BCUT2D eigenvalue weighted by atomic mass is 16.5. The number of amides is 1. The minimum Gasteiger partial charge on any atom is -0.457 e. The van der Waals surface area contributed by atoms with E-state index in [1.807, 2.05) is 90.4 Å². The van der Waals surface area contributed by atoms with Gasteiger partial charge in [0.25, 0.3) is 0 Å². The molecule has 0 aliphatic rings.